The Bertz CT molecular complexity index is 576. The molecule has 2 rings (SSSR count). The van der Waals surface area contributed by atoms with Gasteiger partial charge in [-0.2, -0.15) is 0 Å². The Morgan fingerprint density at radius 2 is 2.17 bits per heavy atom. The maximum absolute atomic E-state index is 12.6. The number of hydrogen-bond acceptors (Lipinski definition) is 5. The van der Waals surface area contributed by atoms with E-state index in [4.69, 9.17) is 13.9 Å². The molecule has 134 valence electrons. The van der Waals surface area contributed by atoms with Crippen LogP contribution in [0.3, 0.4) is 0 Å². The van der Waals surface area contributed by atoms with E-state index in [9.17, 15) is 9.59 Å². The molecule has 1 N–H and O–H groups in total. The molecule has 0 radical (unpaired) electrons. The van der Waals surface area contributed by atoms with Crippen molar-refractivity contribution in [3.05, 3.63) is 18.1 Å². The van der Waals surface area contributed by atoms with E-state index < -0.39 is 11.7 Å². The minimum Gasteiger partial charge on any atom is -0.457 e. The fraction of sp³-hybridized carbons (Fsp3) is 0.647. The Morgan fingerprint density at radius 1 is 1.42 bits per heavy atom. The van der Waals surface area contributed by atoms with Gasteiger partial charge in [-0.25, -0.2) is 4.79 Å². The molecule has 2 amide bonds. The van der Waals surface area contributed by atoms with E-state index >= 15 is 0 Å². The van der Waals surface area contributed by atoms with Gasteiger partial charge >= 0.3 is 6.09 Å². The molecule has 0 saturated carbocycles. The van der Waals surface area contributed by atoms with Crippen molar-refractivity contribution >= 4 is 17.7 Å². The molecular weight excluding hydrogens is 312 g/mol. The summed E-state index contributed by atoms with van der Waals surface area (Å²) in [4.78, 5) is 26.2. The van der Waals surface area contributed by atoms with Gasteiger partial charge in [-0.05, 0) is 34.1 Å². The first-order valence-electron chi connectivity index (χ1n) is 8.24. The van der Waals surface area contributed by atoms with Crippen molar-refractivity contribution in [2.75, 3.05) is 31.6 Å². The second-order valence-corrected chi connectivity index (χ2v) is 6.86. The Morgan fingerprint density at radius 3 is 2.83 bits per heavy atom. The van der Waals surface area contributed by atoms with Crippen molar-refractivity contribution in [2.45, 2.75) is 39.7 Å². The van der Waals surface area contributed by atoms with Crippen molar-refractivity contribution in [1.82, 2.24) is 4.90 Å². The first-order valence-corrected chi connectivity index (χ1v) is 8.24. The molecule has 1 aliphatic heterocycles. The smallest absolute Gasteiger partial charge is 0.412 e. The second kappa shape index (κ2) is 7.70. The number of hydrogen-bond donors (Lipinski definition) is 1. The molecule has 24 heavy (non-hydrogen) atoms. The van der Waals surface area contributed by atoms with Gasteiger partial charge in [0.1, 0.15) is 5.60 Å². The van der Waals surface area contributed by atoms with Gasteiger partial charge in [0.05, 0.1) is 18.6 Å². The Balaban J connectivity index is 1.97. The van der Waals surface area contributed by atoms with Crippen molar-refractivity contribution in [3.63, 3.8) is 0 Å². The van der Waals surface area contributed by atoms with Crippen molar-refractivity contribution in [3.8, 4) is 0 Å². The number of likely N-dealkylation sites (tertiary alicyclic amines) is 1. The van der Waals surface area contributed by atoms with E-state index in [2.05, 4.69) is 5.32 Å². The molecule has 2 heterocycles. The van der Waals surface area contributed by atoms with Gasteiger partial charge in [-0.1, -0.05) is 0 Å². The van der Waals surface area contributed by atoms with Crippen LogP contribution in [-0.2, 0) is 9.47 Å². The molecule has 0 spiro atoms. The number of rotatable bonds is 5. The molecule has 0 bridgehead atoms. The van der Waals surface area contributed by atoms with E-state index in [-0.39, 0.29) is 11.7 Å². The largest absolute Gasteiger partial charge is 0.457 e. The third-order valence-corrected chi connectivity index (χ3v) is 3.63. The summed E-state index contributed by atoms with van der Waals surface area (Å²) in [6.07, 6.45) is 1.67. The minimum atomic E-state index is -0.617. The van der Waals surface area contributed by atoms with Crippen LogP contribution >= 0.6 is 0 Å². The lowest BCUT2D eigenvalue weighted by atomic mass is 10.1. The quantitative estimate of drug-likeness (QED) is 0.892. The van der Waals surface area contributed by atoms with Gasteiger partial charge in [0, 0.05) is 31.7 Å². The lowest BCUT2D eigenvalue weighted by molar-refractivity contribution is 0.0635. The number of ether oxygens (including phenoxy) is 2. The van der Waals surface area contributed by atoms with Crippen LogP contribution in [0.5, 0.6) is 0 Å². The number of carbonyl (C=O) groups is 2. The van der Waals surface area contributed by atoms with Crippen LogP contribution in [0.25, 0.3) is 0 Å². The highest BCUT2D eigenvalue weighted by Crippen LogP contribution is 2.24. The highest BCUT2D eigenvalue weighted by atomic mass is 16.6. The molecule has 1 aliphatic rings. The molecule has 0 unspecified atom stereocenters. The zero-order valence-electron chi connectivity index (χ0n) is 14.8. The molecule has 0 aliphatic carbocycles. The van der Waals surface area contributed by atoms with Gasteiger partial charge in [0.2, 0.25) is 5.76 Å². The van der Waals surface area contributed by atoms with Gasteiger partial charge in [-0.15, -0.1) is 0 Å². The van der Waals surface area contributed by atoms with E-state index in [1.807, 2.05) is 6.92 Å². The number of anilines is 1. The average molecular weight is 338 g/mol. The first kappa shape index (κ1) is 18.3. The topological polar surface area (TPSA) is 81.0 Å². The van der Waals surface area contributed by atoms with Crippen LogP contribution in [0.1, 0.15) is 44.7 Å². The fourth-order valence-corrected chi connectivity index (χ4v) is 2.57. The molecule has 1 atom stereocenters. The number of furan rings is 1. The van der Waals surface area contributed by atoms with Crippen LogP contribution in [-0.4, -0.2) is 48.8 Å². The van der Waals surface area contributed by atoms with Crippen LogP contribution in [0, 0.1) is 5.92 Å². The molecule has 1 aromatic rings. The third-order valence-electron chi connectivity index (χ3n) is 3.63. The van der Waals surface area contributed by atoms with Crippen molar-refractivity contribution in [2.24, 2.45) is 5.92 Å². The van der Waals surface area contributed by atoms with Gasteiger partial charge in [0.25, 0.3) is 5.91 Å². The number of carbonyl (C=O) groups excluding carboxylic acids is 2. The Labute approximate surface area is 142 Å². The van der Waals surface area contributed by atoms with Crippen LogP contribution < -0.4 is 5.32 Å². The highest BCUT2D eigenvalue weighted by Gasteiger charge is 2.30. The van der Waals surface area contributed by atoms with Crippen LogP contribution in [0.4, 0.5) is 10.5 Å². The molecular formula is C17H26N2O5. The lowest BCUT2D eigenvalue weighted by Crippen LogP contribution is -2.31. The van der Waals surface area contributed by atoms with E-state index in [0.29, 0.717) is 37.9 Å². The van der Waals surface area contributed by atoms with E-state index in [1.165, 1.54) is 6.26 Å². The van der Waals surface area contributed by atoms with E-state index in [1.54, 1.807) is 31.7 Å². The molecule has 1 saturated heterocycles. The van der Waals surface area contributed by atoms with Crippen LogP contribution in [0.2, 0.25) is 0 Å². The first-order chi connectivity index (χ1) is 11.3. The predicted octanol–water partition coefficient (Wildman–Crippen LogP) is 3.13. The highest BCUT2D eigenvalue weighted by molar-refractivity contribution is 6.00. The standard InChI is InChI=1S/C17H26N2O5/c1-5-22-11-12-6-8-19(10-12)15(20)14-13(7-9-23-14)18-16(21)24-17(2,3)4/h7,9,12H,5-6,8,10-11H2,1-4H3,(H,18,21)/t12-/m0/s1. The maximum Gasteiger partial charge on any atom is 0.412 e. The number of nitrogens with one attached hydrogen (secondary N) is 1. The van der Waals surface area contributed by atoms with Crippen molar-refractivity contribution < 1.29 is 23.5 Å². The van der Waals surface area contributed by atoms with Crippen molar-refractivity contribution in [1.29, 1.82) is 0 Å². The summed E-state index contributed by atoms with van der Waals surface area (Å²) < 4.78 is 15.9. The number of nitrogens with zero attached hydrogens (tertiary/aromatic N) is 1. The summed E-state index contributed by atoms with van der Waals surface area (Å²) in [6.45, 7) is 9.89. The predicted molar refractivity (Wildman–Crippen MR) is 89.1 cm³/mol. The Kier molecular flexibility index (Phi) is 5.88. The summed E-state index contributed by atoms with van der Waals surface area (Å²) in [5, 5.41) is 2.57. The van der Waals surface area contributed by atoms with Gasteiger partial charge < -0.3 is 18.8 Å². The SMILES string of the molecule is CCOC[C@H]1CCN(C(=O)c2occc2NC(=O)OC(C)(C)C)C1. The zero-order chi connectivity index (χ0) is 17.7. The van der Waals surface area contributed by atoms with E-state index in [0.717, 1.165) is 6.42 Å². The van der Waals surface area contributed by atoms with Crippen LogP contribution in [0.15, 0.2) is 16.7 Å². The van der Waals surface area contributed by atoms with Gasteiger partial charge in [-0.3, -0.25) is 10.1 Å². The Hall–Kier alpha value is -2.02. The summed E-state index contributed by atoms with van der Waals surface area (Å²) in [5.41, 5.74) is -0.290. The summed E-state index contributed by atoms with van der Waals surface area (Å²) in [6, 6.07) is 1.55. The second-order valence-electron chi connectivity index (χ2n) is 6.86. The van der Waals surface area contributed by atoms with Gasteiger partial charge in [0.15, 0.2) is 0 Å². The zero-order valence-corrected chi connectivity index (χ0v) is 14.8. The molecule has 7 nitrogen and oxygen atoms in total. The minimum absolute atomic E-state index is 0.123. The monoisotopic (exact) mass is 338 g/mol. The summed E-state index contributed by atoms with van der Waals surface area (Å²) in [7, 11) is 0. The molecule has 0 aromatic carbocycles. The summed E-state index contributed by atoms with van der Waals surface area (Å²) >= 11 is 0. The lowest BCUT2D eigenvalue weighted by Gasteiger charge is -2.20. The maximum atomic E-state index is 12.6. The molecule has 7 heteroatoms. The fourth-order valence-electron chi connectivity index (χ4n) is 2.57. The molecule has 1 aromatic heterocycles. The molecule has 1 fully saturated rings. The normalized spacial score (nSPS) is 17.8. The number of amides is 2. The summed E-state index contributed by atoms with van der Waals surface area (Å²) in [5.74, 6) is 0.231. The average Bonchev–Trinajstić information content (AvgIpc) is 3.11. The third kappa shape index (κ3) is 4.99.